The van der Waals surface area contributed by atoms with E-state index in [-0.39, 0.29) is 11.5 Å². The van der Waals surface area contributed by atoms with Gasteiger partial charge in [-0.1, -0.05) is 0 Å². The van der Waals surface area contributed by atoms with Gasteiger partial charge >= 0.3 is 0 Å². The summed E-state index contributed by atoms with van der Waals surface area (Å²) in [5.74, 6) is 1.61. The van der Waals surface area contributed by atoms with E-state index >= 15 is 0 Å². The molecule has 0 aliphatic carbocycles. The van der Waals surface area contributed by atoms with Crippen LogP contribution >= 0.6 is 11.3 Å². The van der Waals surface area contributed by atoms with Crippen LogP contribution in [0.2, 0.25) is 0 Å². The summed E-state index contributed by atoms with van der Waals surface area (Å²) in [6, 6.07) is 1.99. The van der Waals surface area contributed by atoms with E-state index in [0.29, 0.717) is 43.0 Å². The first kappa shape index (κ1) is 18.5. The van der Waals surface area contributed by atoms with E-state index < -0.39 is 0 Å². The third-order valence-corrected chi connectivity index (χ3v) is 5.99. The van der Waals surface area contributed by atoms with Crippen LogP contribution in [0.3, 0.4) is 0 Å². The summed E-state index contributed by atoms with van der Waals surface area (Å²) in [5.41, 5.74) is 2.11. The Morgan fingerprint density at radius 3 is 2.75 bits per heavy atom. The van der Waals surface area contributed by atoms with Gasteiger partial charge in [0.15, 0.2) is 0 Å². The predicted octanol–water partition coefficient (Wildman–Crippen LogP) is 1.67. The molecule has 3 aromatic rings. The Bertz CT molecular complexity index is 1070. The molecule has 0 aromatic carbocycles. The molecule has 8 nitrogen and oxygen atoms in total. The molecule has 0 unspecified atom stereocenters. The summed E-state index contributed by atoms with van der Waals surface area (Å²) in [5, 5.41) is 2.02. The van der Waals surface area contributed by atoms with E-state index in [2.05, 4.69) is 24.8 Å². The number of piperazine rings is 1. The Labute approximate surface area is 166 Å². The molecule has 1 aliphatic heterocycles. The van der Waals surface area contributed by atoms with Gasteiger partial charge in [0.25, 0.3) is 5.56 Å². The lowest BCUT2D eigenvalue weighted by atomic mass is 10.1. The van der Waals surface area contributed by atoms with E-state index in [1.807, 2.05) is 23.3 Å². The van der Waals surface area contributed by atoms with Gasteiger partial charge in [0.2, 0.25) is 5.91 Å². The van der Waals surface area contributed by atoms with Crippen LogP contribution in [0, 0.1) is 13.8 Å². The molecule has 0 saturated carbocycles. The van der Waals surface area contributed by atoms with Crippen LogP contribution < -0.4 is 10.5 Å². The highest BCUT2D eigenvalue weighted by Crippen LogP contribution is 2.28. The van der Waals surface area contributed by atoms with Gasteiger partial charge in [-0.3, -0.25) is 9.59 Å². The number of thiophene rings is 1. The molecule has 1 fully saturated rings. The van der Waals surface area contributed by atoms with Crippen LogP contribution in [0.5, 0.6) is 0 Å². The lowest BCUT2D eigenvalue weighted by Gasteiger charge is -2.35. The van der Waals surface area contributed by atoms with Crippen LogP contribution in [0.1, 0.15) is 23.5 Å². The second-order valence-corrected chi connectivity index (χ2v) is 7.83. The minimum Gasteiger partial charge on any atom is -0.352 e. The summed E-state index contributed by atoms with van der Waals surface area (Å²) in [6.07, 6.45) is 2.32. The number of carbonyl (C=O) groups is 1. The first-order chi connectivity index (χ1) is 13.5. The van der Waals surface area contributed by atoms with Crippen molar-refractivity contribution in [2.24, 2.45) is 0 Å². The Morgan fingerprint density at radius 2 is 2.00 bits per heavy atom. The van der Waals surface area contributed by atoms with E-state index in [4.69, 9.17) is 0 Å². The summed E-state index contributed by atoms with van der Waals surface area (Å²) < 4.78 is 1.09. The van der Waals surface area contributed by atoms with Crippen molar-refractivity contribution in [3.05, 3.63) is 45.2 Å². The first-order valence-electron chi connectivity index (χ1n) is 9.30. The normalized spacial score (nSPS) is 14.6. The van der Waals surface area contributed by atoms with Crippen molar-refractivity contribution in [1.82, 2.24) is 24.8 Å². The van der Waals surface area contributed by atoms with Crippen LogP contribution in [-0.4, -0.2) is 56.9 Å². The number of nitrogens with one attached hydrogen (secondary N) is 1. The van der Waals surface area contributed by atoms with E-state index in [0.717, 1.165) is 29.1 Å². The van der Waals surface area contributed by atoms with Crippen LogP contribution in [-0.2, 0) is 11.2 Å². The maximum atomic E-state index is 12.6. The monoisotopic (exact) mass is 398 g/mol. The highest BCUT2D eigenvalue weighted by Gasteiger charge is 2.23. The van der Waals surface area contributed by atoms with Crippen molar-refractivity contribution in [2.45, 2.75) is 26.7 Å². The number of hydrogen-bond acceptors (Lipinski definition) is 7. The first-order valence-corrected chi connectivity index (χ1v) is 10.2. The van der Waals surface area contributed by atoms with Crippen molar-refractivity contribution in [3.63, 3.8) is 0 Å². The summed E-state index contributed by atoms with van der Waals surface area (Å²) >= 11 is 1.64. The summed E-state index contributed by atoms with van der Waals surface area (Å²) in [6.45, 7) is 6.34. The highest BCUT2D eigenvalue weighted by molar-refractivity contribution is 7.17. The molecule has 4 rings (SSSR count). The maximum absolute atomic E-state index is 12.6. The number of rotatable bonds is 4. The van der Waals surface area contributed by atoms with Crippen molar-refractivity contribution >= 4 is 33.3 Å². The van der Waals surface area contributed by atoms with Gasteiger partial charge in [-0.05, 0) is 31.7 Å². The molecule has 0 atom stereocenters. The predicted molar refractivity (Wildman–Crippen MR) is 109 cm³/mol. The van der Waals surface area contributed by atoms with Gasteiger partial charge in [-0.25, -0.2) is 15.0 Å². The molecule has 146 valence electrons. The van der Waals surface area contributed by atoms with Gasteiger partial charge in [0.05, 0.1) is 10.2 Å². The zero-order chi connectivity index (χ0) is 19.7. The molecule has 1 aliphatic rings. The Morgan fingerprint density at radius 1 is 1.21 bits per heavy atom. The minimum absolute atomic E-state index is 0.0722. The number of hydrogen-bond donors (Lipinski definition) is 1. The van der Waals surface area contributed by atoms with Crippen molar-refractivity contribution in [1.29, 1.82) is 0 Å². The number of fused-ring (bicyclic) bond motifs is 1. The number of carbonyl (C=O) groups excluding carboxylic acids is 1. The number of aromatic amines is 1. The fourth-order valence-corrected chi connectivity index (χ4v) is 4.47. The quantitative estimate of drug-likeness (QED) is 0.718. The fourth-order valence-electron chi connectivity index (χ4n) is 3.60. The fraction of sp³-hybridized carbons (Fsp3) is 0.421. The molecule has 0 bridgehead atoms. The van der Waals surface area contributed by atoms with Crippen molar-refractivity contribution in [2.75, 3.05) is 31.1 Å². The molecule has 9 heteroatoms. The SMILES string of the molecule is Cc1nc(C)c(CCC(=O)N2CCN(c3ncnc4ccsc34)CC2)c(=O)[nH]1. The number of aryl methyl sites for hydroxylation is 2. The van der Waals surface area contributed by atoms with E-state index in [9.17, 15) is 9.59 Å². The standard InChI is InChI=1S/C19H22N6O2S/c1-12-14(19(27)23-13(2)22-12)3-4-16(26)24-6-8-25(9-7-24)18-17-15(5-10-28-17)20-11-21-18/h5,10-11H,3-4,6-9H2,1-2H3,(H,22,23,27). The minimum atomic E-state index is -0.147. The lowest BCUT2D eigenvalue weighted by Crippen LogP contribution is -2.49. The molecular weight excluding hydrogens is 376 g/mol. The van der Waals surface area contributed by atoms with E-state index in [1.165, 1.54) is 0 Å². The topological polar surface area (TPSA) is 95.1 Å². The van der Waals surface area contributed by atoms with E-state index in [1.54, 1.807) is 24.6 Å². The van der Waals surface area contributed by atoms with Crippen molar-refractivity contribution in [3.8, 4) is 0 Å². The van der Waals surface area contributed by atoms with Crippen molar-refractivity contribution < 1.29 is 4.79 Å². The van der Waals surface area contributed by atoms with Gasteiger partial charge < -0.3 is 14.8 Å². The third kappa shape index (κ3) is 3.62. The van der Waals surface area contributed by atoms with Gasteiger partial charge in [0, 0.05) is 43.9 Å². The second-order valence-electron chi connectivity index (χ2n) is 6.92. The smallest absolute Gasteiger partial charge is 0.254 e. The van der Waals surface area contributed by atoms with Gasteiger partial charge in [-0.15, -0.1) is 11.3 Å². The molecule has 28 heavy (non-hydrogen) atoms. The molecule has 1 N–H and O–H groups in total. The number of anilines is 1. The number of nitrogens with zero attached hydrogens (tertiary/aromatic N) is 5. The average Bonchev–Trinajstić information content (AvgIpc) is 3.16. The molecule has 1 amide bonds. The van der Waals surface area contributed by atoms with Crippen LogP contribution in [0.15, 0.2) is 22.6 Å². The van der Waals surface area contributed by atoms with Crippen LogP contribution in [0.4, 0.5) is 5.82 Å². The van der Waals surface area contributed by atoms with Gasteiger partial charge in [0.1, 0.15) is 18.0 Å². The second kappa shape index (κ2) is 7.67. The number of aromatic nitrogens is 4. The molecule has 0 radical (unpaired) electrons. The lowest BCUT2D eigenvalue weighted by molar-refractivity contribution is -0.131. The Balaban J connectivity index is 1.37. The zero-order valence-corrected chi connectivity index (χ0v) is 16.8. The molecular formula is C19H22N6O2S. The maximum Gasteiger partial charge on any atom is 0.254 e. The zero-order valence-electron chi connectivity index (χ0n) is 15.9. The van der Waals surface area contributed by atoms with Crippen LogP contribution in [0.25, 0.3) is 10.2 Å². The summed E-state index contributed by atoms with van der Waals surface area (Å²) in [7, 11) is 0. The number of amides is 1. The Hall–Kier alpha value is -2.81. The Kier molecular flexibility index (Phi) is 5.08. The number of H-pyrrole nitrogens is 1. The molecule has 1 saturated heterocycles. The molecule has 3 aromatic heterocycles. The average molecular weight is 398 g/mol. The highest BCUT2D eigenvalue weighted by atomic mass is 32.1. The molecule has 0 spiro atoms. The van der Waals surface area contributed by atoms with Gasteiger partial charge in [-0.2, -0.15) is 0 Å². The third-order valence-electron chi connectivity index (χ3n) is 5.09. The largest absolute Gasteiger partial charge is 0.352 e. The molecule has 4 heterocycles. The summed E-state index contributed by atoms with van der Waals surface area (Å²) in [4.78, 5) is 44.5.